The minimum absolute atomic E-state index is 0.397. The molecule has 0 aliphatic carbocycles. The van der Waals surface area contributed by atoms with Crippen molar-refractivity contribution in [2.24, 2.45) is 0 Å². The first-order valence-corrected chi connectivity index (χ1v) is 3.95. The van der Waals surface area contributed by atoms with Crippen LogP contribution in [0.3, 0.4) is 0 Å². The Labute approximate surface area is 80.0 Å². The van der Waals surface area contributed by atoms with Crippen LogP contribution >= 0.6 is 0 Å². The van der Waals surface area contributed by atoms with E-state index >= 15 is 0 Å². The Morgan fingerprint density at radius 1 is 1.14 bits per heavy atom. The van der Waals surface area contributed by atoms with Crippen molar-refractivity contribution in [3.05, 3.63) is 36.9 Å². The molecule has 1 aromatic carbocycles. The monoisotopic (exact) mass is 189 g/mol. The van der Waals surface area contributed by atoms with Gasteiger partial charge in [0.1, 0.15) is 18.4 Å². The number of ether oxygens (including phenoxy) is 1. The Kier molecular flexibility index (Phi) is 2.22. The molecule has 0 unspecified atom stereocenters. The van der Waals surface area contributed by atoms with Crippen molar-refractivity contribution >= 4 is 6.47 Å². The molecule has 5 heteroatoms. The summed E-state index contributed by atoms with van der Waals surface area (Å²) in [7, 11) is 0. The van der Waals surface area contributed by atoms with E-state index in [1.807, 2.05) is 12.1 Å². The van der Waals surface area contributed by atoms with E-state index in [1.54, 1.807) is 29.4 Å². The van der Waals surface area contributed by atoms with Crippen LogP contribution in [-0.4, -0.2) is 21.2 Å². The van der Waals surface area contributed by atoms with E-state index in [2.05, 4.69) is 14.9 Å². The summed E-state index contributed by atoms with van der Waals surface area (Å²) in [5.41, 5.74) is 0.910. The largest absolute Gasteiger partial charge is 0.429 e. The van der Waals surface area contributed by atoms with E-state index < -0.39 is 0 Å². The second kappa shape index (κ2) is 3.69. The Bertz CT molecular complexity index is 408. The maximum Gasteiger partial charge on any atom is 0.298 e. The Balaban J connectivity index is 2.26. The highest BCUT2D eigenvalue weighted by atomic mass is 16.5. The lowest BCUT2D eigenvalue weighted by molar-refractivity contribution is -0.120. The molecule has 1 heterocycles. The van der Waals surface area contributed by atoms with E-state index in [1.165, 1.54) is 0 Å². The maximum atomic E-state index is 10.0. The highest BCUT2D eigenvalue weighted by Gasteiger charge is 1.96. The fourth-order valence-electron chi connectivity index (χ4n) is 1.09. The zero-order chi connectivity index (χ0) is 9.80. The fourth-order valence-corrected chi connectivity index (χ4v) is 1.09. The molecule has 2 aromatic rings. The van der Waals surface area contributed by atoms with Gasteiger partial charge < -0.3 is 4.74 Å². The van der Waals surface area contributed by atoms with Gasteiger partial charge in [-0.15, -0.1) is 10.2 Å². The van der Waals surface area contributed by atoms with E-state index in [9.17, 15) is 4.79 Å². The van der Waals surface area contributed by atoms with Gasteiger partial charge in [0.15, 0.2) is 0 Å². The molecule has 0 amide bonds. The van der Waals surface area contributed by atoms with Gasteiger partial charge in [0, 0.05) is 5.69 Å². The molecule has 0 radical (unpaired) electrons. The first-order chi connectivity index (χ1) is 6.90. The van der Waals surface area contributed by atoms with Crippen LogP contribution in [0.15, 0.2) is 36.9 Å². The standard InChI is InChI=1S/C9H7N3O2/c13-7-14-9-3-1-8(2-4-9)12-5-10-11-6-12/h1-7H. The fraction of sp³-hybridized carbons (Fsp3) is 0. The van der Waals surface area contributed by atoms with Gasteiger partial charge in [-0.3, -0.25) is 9.36 Å². The van der Waals surface area contributed by atoms with Crippen molar-refractivity contribution in [2.75, 3.05) is 0 Å². The van der Waals surface area contributed by atoms with Crippen LogP contribution in [0.4, 0.5) is 0 Å². The van der Waals surface area contributed by atoms with Crippen LogP contribution in [-0.2, 0) is 4.79 Å². The predicted octanol–water partition coefficient (Wildman–Crippen LogP) is 0.802. The summed E-state index contributed by atoms with van der Waals surface area (Å²) < 4.78 is 6.41. The van der Waals surface area contributed by atoms with Crippen LogP contribution in [0, 0.1) is 0 Å². The maximum absolute atomic E-state index is 10.0. The summed E-state index contributed by atoms with van der Waals surface area (Å²) in [4.78, 5) is 10.0. The molecule has 0 spiro atoms. The van der Waals surface area contributed by atoms with E-state index in [0.717, 1.165) is 5.69 Å². The second-order valence-corrected chi connectivity index (χ2v) is 2.58. The average Bonchev–Trinajstić information content (AvgIpc) is 2.72. The number of hydrogen-bond donors (Lipinski definition) is 0. The summed E-state index contributed by atoms with van der Waals surface area (Å²) in [6, 6.07) is 7.01. The first-order valence-electron chi connectivity index (χ1n) is 3.95. The molecule has 0 aliphatic heterocycles. The Morgan fingerprint density at radius 3 is 2.36 bits per heavy atom. The highest BCUT2D eigenvalue weighted by Crippen LogP contribution is 2.13. The first kappa shape index (κ1) is 8.43. The SMILES string of the molecule is O=COc1ccc(-n2cnnc2)cc1. The van der Waals surface area contributed by atoms with Gasteiger partial charge in [-0.1, -0.05) is 0 Å². The third kappa shape index (κ3) is 1.61. The molecule has 0 bridgehead atoms. The molecule has 14 heavy (non-hydrogen) atoms. The van der Waals surface area contributed by atoms with Crippen LogP contribution < -0.4 is 4.74 Å². The molecule has 5 nitrogen and oxygen atoms in total. The summed E-state index contributed by atoms with van der Waals surface area (Å²) in [5.74, 6) is 0.511. The predicted molar refractivity (Wildman–Crippen MR) is 48.1 cm³/mol. The van der Waals surface area contributed by atoms with Crippen LogP contribution in [0.1, 0.15) is 0 Å². The summed E-state index contributed by atoms with van der Waals surface area (Å²) in [6.07, 6.45) is 3.19. The molecule has 0 N–H and O–H groups in total. The second-order valence-electron chi connectivity index (χ2n) is 2.58. The van der Waals surface area contributed by atoms with Crippen LogP contribution in [0.25, 0.3) is 5.69 Å². The van der Waals surface area contributed by atoms with Gasteiger partial charge in [0.25, 0.3) is 6.47 Å². The topological polar surface area (TPSA) is 57.0 Å². The quantitative estimate of drug-likeness (QED) is 0.670. The van der Waals surface area contributed by atoms with E-state index in [4.69, 9.17) is 0 Å². The number of carbonyl (C=O) groups is 1. The third-order valence-electron chi connectivity index (χ3n) is 1.74. The zero-order valence-corrected chi connectivity index (χ0v) is 7.20. The van der Waals surface area contributed by atoms with Gasteiger partial charge in [-0.25, -0.2) is 0 Å². The lowest BCUT2D eigenvalue weighted by atomic mass is 10.3. The van der Waals surface area contributed by atoms with Gasteiger partial charge in [-0.05, 0) is 24.3 Å². The van der Waals surface area contributed by atoms with Crippen LogP contribution in [0.5, 0.6) is 5.75 Å². The van der Waals surface area contributed by atoms with Crippen molar-refractivity contribution in [3.63, 3.8) is 0 Å². The molecule has 70 valence electrons. The summed E-state index contributed by atoms with van der Waals surface area (Å²) in [6.45, 7) is 0.397. The molecule has 1 aromatic heterocycles. The van der Waals surface area contributed by atoms with Crippen molar-refractivity contribution < 1.29 is 9.53 Å². The molecular weight excluding hydrogens is 182 g/mol. The van der Waals surface area contributed by atoms with Crippen molar-refractivity contribution in [1.29, 1.82) is 0 Å². The molecule has 0 fully saturated rings. The van der Waals surface area contributed by atoms with Gasteiger partial charge >= 0.3 is 0 Å². The number of benzene rings is 1. The number of carbonyl (C=O) groups excluding carboxylic acids is 1. The average molecular weight is 189 g/mol. The lowest BCUT2D eigenvalue weighted by Gasteiger charge is -2.01. The third-order valence-corrected chi connectivity index (χ3v) is 1.74. The summed E-state index contributed by atoms with van der Waals surface area (Å²) in [5, 5.41) is 7.37. The highest BCUT2D eigenvalue weighted by molar-refractivity contribution is 5.46. The Hall–Kier alpha value is -2.17. The van der Waals surface area contributed by atoms with Gasteiger partial charge in [0.2, 0.25) is 0 Å². The molecule has 2 rings (SSSR count). The van der Waals surface area contributed by atoms with Gasteiger partial charge in [0.05, 0.1) is 0 Å². The zero-order valence-electron chi connectivity index (χ0n) is 7.20. The van der Waals surface area contributed by atoms with Gasteiger partial charge in [-0.2, -0.15) is 0 Å². The minimum atomic E-state index is 0.397. The van der Waals surface area contributed by atoms with Crippen LogP contribution in [0.2, 0.25) is 0 Å². The number of nitrogens with zero attached hydrogens (tertiary/aromatic N) is 3. The lowest BCUT2D eigenvalue weighted by Crippen LogP contribution is -1.91. The van der Waals surface area contributed by atoms with Crippen molar-refractivity contribution in [2.45, 2.75) is 0 Å². The Morgan fingerprint density at radius 2 is 1.79 bits per heavy atom. The summed E-state index contributed by atoms with van der Waals surface area (Å²) >= 11 is 0. The molecule has 0 saturated heterocycles. The minimum Gasteiger partial charge on any atom is -0.429 e. The number of hydrogen-bond acceptors (Lipinski definition) is 4. The molecule has 0 atom stereocenters. The number of aromatic nitrogens is 3. The smallest absolute Gasteiger partial charge is 0.298 e. The number of rotatable bonds is 3. The van der Waals surface area contributed by atoms with Crippen molar-refractivity contribution in [1.82, 2.24) is 14.8 Å². The van der Waals surface area contributed by atoms with E-state index in [0.29, 0.717) is 12.2 Å². The molecular formula is C9H7N3O2. The van der Waals surface area contributed by atoms with E-state index in [-0.39, 0.29) is 0 Å². The van der Waals surface area contributed by atoms with Crippen molar-refractivity contribution in [3.8, 4) is 11.4 Å². The molecule has 0 saturated carbocycles. The normalized spacial score (nSPS) is 9.71. The molecule has 0 aliphatic rings.